The van der Waals surface area contributed by atoms with Crippen molar-refractivity contribution in [3.63, 3.8) is 0 Å². The molecule has 2 atom stereocenters. The maximum absolute atomic E-state index is 10.8. The van der Waals surface area contributed by atoms with Crippen molar-refractivity contribution < 1.29 is 9.84 Å². The Labute approximate surface area is 121 Å². The fraction of sp³-hybridized carbons (Fsp3) is 0.444. The van der Waals surface area contributed by atoms with Gasteiger partial charge in [-0.1, -0.05) is 63.2 Å². The van der Waals surface area contributed by atoms with E-state index in [-0.39, 0.29) is 11.5 Å². The predicted octanol–water partition coefficient (Wildman–Crippen LogP) is 4.32. The molecule has 2 rings (SSSR count). The smallest absolute Gasteiger partial charge is 0.106 e. The molecule has 2 aromatic carbocycles. The molecule has 1 N–H and O–H groups in total. The van der Waals surface area contributed by atoms with Crippen LogP contribution in [0, 0.1) is 5.41 Å². The van der Waals surface area contributed by atoms with Gasteiger partial charge in [0.25, 0.3) is 0 Å². The van der Waals surface area contributed by atoms with E-state index in [1.807, 2.05) is 31.2 Å². The average Bonchev–Trinajstić information content (AvgIpc) is 2.42. The molecule has 0 bridgehead atoms. The molecule has 108 valence electrons. The molecule has 0 saturated heterocycles. The third-order valence-corrected chi connectivity index (χ3v) is 3.63. The summed E-state index contributed by atoms with van der Waals surface area (Å²) in [6, 6.07) is 14.2. The van der Waals surface area contributed by atoms with Gasteiger partial charge in [0.1, 0.15) is 6.10 Å². The zero-order valence-corrected chi connectivity index (χ0v) is 12.8. The van der Waals surface area contributed by atoms with Gasteiger partial charge in [-0.05, 0) is 28.7 Å². The Morgan fingerprint density at radius 1 is 1.05 bits per heavy atom. The van der Waals surface area contributed by atoms with Crippen LogP contribution in [0.2, 0.25) is 0 Å². The van der Waals surface area contributed by atoms with Crippen LogP contribution < -0.4 is 0 Å². The Bertz CT molecular complexity index is 564. The van der Waals surface area contributed by atoms with E-state index in [0.29, 0.717) is 6.61 Å². The first-order valence-corrected chi connectivity index (χ1v) is 7.22. The summed E-state index contributed by atoms with van der Waals surface area (Å²) in [5.41, 5.74) is 0.823. The van der Waals surface area contributed by atoms with Gasteiger partial charge in [0.15, 0.2) is 0 Å². The molecule has 0 aliphatic rings. The highest BCUT2D eigenvalue weighted by Crippen LogP contribution is 2.35. The summed E-state index contributed by atoms with van der Waals surface area (Å²) in [5, 5.41) is 13.1. The van der Waals surface area contributed by atoms with Gasteiger partial charge in [-0.25, -0.2) is 0 Å². The van der Waals surface area contributed by atoms with E-state index in [4.69, 9.17) is 4.74 Å². The maximum Gasteiger partial charge on any atom is 0.106 e. The molecular weight excluding hydrogens is 248 g/mol. The minimum Gasteiger partial charge on any atom is -0.386 e. The minimum atomic E-state index is -0.624. The summed E-state index contributed by atoms with van der Waals surface area (Å²) in [6.45, 7) is 8.86. The molecule has 20 heavy (non-hydrogen) atoms. The van der Waals surface area contributed by atoms with Gasteiger partial charge in [0.05, 0.1) is 6.10 Å². The summed E-state index contributed by atoms with van der Waals surface area (Å²) in [6.07, 6.45) is -0.848. The van der Waals surface area contributed by atoms with Crippen molar-refractivity contribution in [2.75, 3.05) is 6.61 Å². The fourth-order valence-electron chi connectivity index (χ4n) is 2.67. The molecule has 0 aromatic heterocycles. The first kappa shape index (κ1) is 15.0. The van der Waals surface area contributed by atoms with Gasteiger partial charge in [-0.2, -0.15) is 0 Å². The number of ether oxygens (including phenoxy) is 1. The van der Waals surface area contributed by atoms with Crippen molar-refractivity contribution in [3.8, 4) is 0 Å². The van der Waals surface area contributed by atoms with Gasteiger partial charge < -0.3 is 9.84 Å². The number of benzene rings is 2. The quantitative estimate of drug-likeness (QED) is 0.898. The lowest BCUT2D eigenvalue weighted by Crippen LogP contribution is -2.35. The number of aliphatic hydroxyl groups is 1. The van der Waals surface area contributed by atoms with E-state index in [0.717, 1.165) is 16.3 Å². The Morgan fingerprint density at radius 2 is 1.70 bits per heavy atom. The van der Waals surface area contributed by atoms with Crippen LogP contribution in [-0.2, 0) is 4.74 Å². The molecule has 2 nitrogen and oxygen atoms in total. The minimum absolute atomic E-state index is 0.119. The van der Waals surface area contributed by atoms with E-state index in [9.17, 15) is 5.11 Å². The van der Waals surface area contributed by atoms with Crippen LogP contribution in [-0.4, -0.2) is 17.8 Å². The van der Waals surface area contributed by atoms with Crippen molar-refractivity contribution in [2.45, 2.75) is 39.9 Å². The first-order valence-electron chi connectivity index (χ1n) is 7.22. The second kappa shape index (κ2) is 5.94. The van der Waals surface area contributed by atoms with E-state index < -0.39 is 6.10 Å². The average molecular weight is 272 g/mol. The lowest BCUT2D eigenvalue weighted by Gasteiger charge is -2.34. The molecule has 0 aliphatic heterocycles. The van der Waals surface area contributed by atoms with Crippen molar-refractivity contribution in [1.29, 1.82) is 0 Å². The molecule has 0 fully saturated rings. The van der Waals surface area contributed by atoms with Gasteiger partial charge in [0.2, 0.25) is 0 Å². The van der Waals surface area contributed by atoms with Gasteiger partial charge in [0, 0.05) is 6.61 Å². The van der Waals surface area contributed by atoms with Crippen LogP contribution in [0.1, 0.15) is 39.4 Å². The van der Waals surface area contributed by atoms with E-state index >= 15 is 0 Å². The number of fused-ring (bicyclic) bond motifs is 1. The Balaban J connectivity index is 2.46. The zero-order valence-electron chi connectivity index (χ0n) is 12.8. The SMILES string of the molecule is CCOC(C(O)c1cccc2ccccc12)C(C)(C)C. The molecule has 0 saturated carbocycles. The number of rotatable bonds is 4. The zero-order chi connectivity index (χ0) is 14.8. The maximum atomic E-state index is 10.8. The van der Waals surface area contributed by atoms with Crippen LogP contribution in [0.3, 0.4) is 0 Å². The fourth-order valence-corrected chi connectivity index (χ4v) is 2.67. The predicted molar refractivity (Wildman–Crippen MR) is 83.8 cm³/mol. The third kappa shape index (κ3) is 3.02. The van der Waals surface area contributed by atoms with E-state index in [2.05, 4.69) is 39.0 Å². The van der Waals surface area contributed by atoms with Gasteiger partial charge >= 0.3 is 0 Å². The highest BCUT2D eigenvalue weighted by molar-refractivity contribution is 5.86. The molecule has 2 unspecified atom stereocenters. The second-order valence-electron chi connectivity index (χ2n) is 6.26. The highest BCUT2D eigenvalue weighted by atomic mass is 16.5. The summed E-state index contributed by atoms with van der Waals surface area (Å²) < 4.78 is 5.82. The number of hydrogen-bond donors (Lipinski definition) is 1. The molecular formula is C18H24O2. The Morgan fingerprint density at radius 3 is 2.35 bits per heavy atom. The molecule has 0 spiro atoms. The molecule has 2 heteroatoms. The lowest BCUT2D eigenvalue weighted by atomic mass is 9.82. The topological polar surface area (TPSA) is 29.5 Å². The van der Waals surface area contributed by atoms with Crippen LogP contribution in [0.4, 0.5) is 0 Å². The molecule has 0 amide bonds. The van der Waals surface area contributed by atoms with Gasteiger partial charge in [-0.15, -0.1) is 0 Å². The number of hydrogen-bond acceptors (Lipinski definition) is 2. The lowest BCUT2D eigenvalue weighted by molar-refractivity contribution is -0.0893. The summed E-state index contributed by atoms with van der Waals surface area (Å²) in [4.78, 5) is 0. The van der Waals surface area contributed by atoms with Crippen molar-refractivity contribution >= 4 is 10.8 Å². The molecule has 0 radical (unpaired) electrons. The second-order valence-corrected chi connectivity index (χ2v) is 6.26. The monoisotopic (exact) mass is 272 g/mol. The Hall–Kier alpha value is -1.38. The van der Waals surface area contributed by atoms with E-state index in [1.54, 1.807) is 0 Å². The standard InChI is InChI=1S/C18H24O2/c1-5-20-17(18(2,3)4)16(19)15-12-8-10-13-9-6-7-11-14(13)15/h6-12,16-17,19H,5H2,1-4H3. The Kier molecular flexibility index (Phi) is 4.46. The van der Waals surface area contributed by atoms with Crippen molar-refractivity contribution in [2.24, 2.45) is 5.41 Å². The van der Waals surface area contributed by atoms with Crippen LogP contribution >= 0.6 is 0 Å². The van der Waals surface area contributed by atoms with Crippen LogP contribution in [0.5, 0.6) is 0 Å². The third-order valence-electron chi connectivity index (χ3n) is 3.63. The van der Waals surface area contributed by atoms with Crippen LogP contribution in [0.15, 0.2) is 42.5 Å². The van der Waals surface area contributed by atoms with Crippen molar-refractivity contribution in [1.82, 2.24) is 0 Å². The summed E-state index contributed by atoms with van der Waals surface area (Å²) >= 11 is 0. The van der Waals surface area contributed by atoms with Crippen LogP contribution in [0.25, 0.3) is 10.8 Å². The van der Waals surface area contributed by atoms with Gasteiger partial charge in [-0.3, -0.25) is 0 Å². The number of aliphatic hydroxyl groups excluding tert-OH is 1. The largest absolute Gasteiger partial charge is 0.386 e. The summed E-state index contributed by atoms with van der Waals surface area (Å²) in [7, 11) is 0. The summed E-state index contributed by atoms with van der Waals surface area (Å²) in [5.74, 6) is 0. The molecule has 0 aliphatic carbocycles. The normalized spacial score (nSPS) is 15.2. The van der Waals surface area contributed by atoms with Crippen molar-refractivity contribution in [3.05, 3.63) is 48.0 Å². The molecule has 0 heterocycles. The highest BCUT2D eigenvalue weighted by Gasteiger charge is 2.33. The molecule has 2 aromatic rings. The first-order chi connectivity index (χ1) is 9.45. The van der Waals surface area contributed by atoms with E-state index in [1.165, 1.54) is 0 Å².